The normalized spacial score (nSPS) is 17.6. The first-order valence-corrected chi connectivity index (χ1v) is 7.54. The van der Waals surface area contributed by atoms with E-state index in [-0.39, 0.29) is 6.04 Å². The molecule has 1 unspecified atom stereocenters. The van der Waals surface area contributed by atoms with Gasteiger partial charge in [-0.2, -0.15) is 0 Å². The molecule has 0 aromatic carbocycles. The quantitative estimate of drug-likeness (QED) is 0.934. The van der Waals surface area contributed by atoms with Crippen LogP contribution >= 0.6 is 11.6 Å². The maximum absolute atomic E-state index is 6.22. The van der Waals surface area contributed by atoms with Gasteiger partial charge in [0.05, 0.1) is 17.8 Å². The van der Waals surface area contributed by atoms with Crippen molar-refractivity contribution >= 4 is 23.2 Å². The van der Waals surface area contributed by atoms with Crippen molar-refractivity contribution in [3.63, 3.8) is 0 Å². The Bertz CT molecular complexity index is 666. The van der Waals surface area contributed by atoms with Crippen LogP contribution in [0.2, 0.25) is 5.02 Å². The molecule has 0 aliphatic carbocycles. The Balaban J connectivity index is 1.72. The van der Waals surface area contributed by atoms with Gasteiger partial charge < -0.3 is 15.0 Å². The smallest absolute Gasteiger partial charge is 0.182 e. The monoisotopic (exact) mass is 319 g/mol. The largest absolute Gasteiger partial charge is 0.491 e. The summed E-state index contributed by atoms with van der Waals surface area (Å²) in [7, 11) is 1.63. The molecule has 1 fully saturated rings. The van der Waals surface area contributed by atoms with Gasteiger partial charge in [-0.25, -0.2) is 15.0 Å². The van der Waals surface area contributed by atoms with E-state index in [0.29, 0.717) is 10.8 Å². The van der Waals surface area contributed by atoms with Gasteiger partial charge in [-0.3, -0.25) is 0 Å². The van der Waals surface area contributed by atoms with Gasteiger partial charge >= 0.3 is 0 Å². The number of hydrogen-bond donors (Lipinski definition) is 1. The van der Waals surface area contributed by atoms with Crippen molar-refractivity contribution in [1.29, 1.82) is 0 Å². The van der Waals surface area contributed by atoms with Crippen molar-refractivity contribution < 1.29 is 4.74 Å². The van der Waals surface area contributed by atoms with Gasteiger partial charge in [0, 0.05) is 25.3 Å². The number of ether oxygens (including phenoxy) is 1. The van der Waals surface area contributed by atoms with Crippen LogP contribution in [-0.2, 0) is 0 Å². The van der Waals surface area contributed by atoms with Gasteiger partial charge in [0.1, 0.15) is 12.1 Å². The van der Waals surface area contributed by atoms with E-state index in [4.69, 9.17) is 16.3 Å². The van der Waals surface area contributed by atoms with E-state index >= 15 is 0 Å². The van der Waals surface area contributed by atoms with Crippen LogP contribution in [0.25, 0.3) is 0 Å². The average Bonchev–Trinajstić information content (AvgIpc) is 2.96. The lowest BCUT2D eigenvalue weighted by Crippen LogP contribution is -2.27. The minimum absolute atomic E-state index is 0.265. The van der Waals surface area contributed by atoms with Crippen LogP contribution in [0.3, 0.4) is 0 Å². The highest BCUT2D eigenvalue weighted by molar-refractivity contribution is 6.32. The van der Waals surface area contributed by atoms with Crippen molar-refractivity contribution in [3.8, 4) is 5.75 Å². The van der Waals surface area contributed by atoms with E-state index in [1.807, 2.05) is 19.1 Å². The van der Waals surface area contributed by atoms with Crippen molar-refractivity contribution in [2.75, 3.05) is 30.4 Å². The van der Waals surface area contributed by atoms with E-state index in [2.05, 4.69) is 25.2 Å². The van der Waals surface area contributed by atoms with Gasteiger partial charge in [0.2, 0.25) is 0 Å². The highest BCUT2D eigenvalue weighted by Crippen LogP contribution is 2.29. The molecule has 2 aromatic heterocycles. The van der Waals surface area contributed by atoms with Crippen LogP contribution in [-0.4, -0.2) is 41.2 Å². The number of rotatable bonds is 4. The van der Waals surface area contributed by atoms with E-state index in [9.17, 15) is 0 Å². The fraction of sp³-hybridized carbons (Fsp3) is 0.400. The molecule has 1 N–H and O–H groups in total. The van der Waals surface area contributed by atoms with Crippen LogP contribution in [0.1, 0.15) is 12.1 Å². The summed E-state index contributed by atoms with van der Waals surface area (Å²) in [6, 6.07) is 3.97. The third kappa shape index (κ3) is 2.92. The number of aromatic nitrogens is 3. The summed E-state index contributed by atoms with van der Waals surface area (Å²) in [5.41, 5.74) is 0.822. The highest BCUT2D eigenvalue weighted by atomic mass is 35.5. The summed E-state index contributed by atoms with van der Waals surface area (Å²) in [6.07, 6.45) is 4.29. The first-order valence-electron chi connectivity index (χ1n) is 7.16. The highest BCUT2D eigenvalue weighted by Gasteiger charge is 2.26. The van der Waals surface area contributed by atoms with Crippen molar-refractivity contribution in [3.05, 3.63) is 35.4 Å². The third-order valence-corrected chi connectivity index (χ3v) is 4.05. The lowest BCUT2D eigenvalue weighted by molar-refractivity contribution is 0.408. The molecule has 22 heavy (non-hydrogen) atoms. The maximum Gasteiger partial charge on any atom is 0.182 e. The molecule has 3 heterocycles. The molecule has 0 saturated carbocycles. The second kappa shape index (κ2) is 6.36. The van der Waals surface area contributed by atoms with Crippen LogP contribution in [0.5, 0.6) is 5.75 Å². The molecule has 1 aliphatic rings. The topological polar surface area (TPSA) is 63.2 Å². The summed E-state index contributed by atoms with van der Waals surface area (Å²) in [5.74, 6) is 2.25. The summed E-state index contributed by atoms with van der Waals surface area (Å²) in [6.45, 7) is 3.63. The maximum atomic E-state index is 6.22. The third-order valence-electron chi connectivity index (χ3n) is 3.75. The molecule has 0 amide bonds. The Kier molecular flexibility index (Phi) is 4.29. The number of nitrogens with zero attached hydrogens (tertiary/aromatic N) is 4. The molecule has 2 aromatic rings. The van der Waals surface area contributed by atoms with Gasteiger partial charge in [0.15, 0.2) is 11.6 Å². The molecule has 0 radical (unpaired) electrons. The Hall–Kier alpha value is -2.08. The second-order valence-corrected chi connectivity index (χ2v) is 5.63. The molecule has 3 rings (SSSR count). The zero-order valence-electron chi connectivity index (χ0n) is 12.6. The number of hydrogen-bond acceptors (Lipinski definition) is 6. The Morgan fingerprint density at radius 2 is 2.23 bits per heavy atom. The average molecular weight is 320 g/mol. The molecule has 116 valence electrons. The lowest BCUT2D eigenvalue weighted by atomic mass is 10.2. The molecular weight excluding hydrogens is 302 g/mol. The number of anilines is 2. The Morgan fingerprint density at radius 3 is 3.00 bits per heavy atom. The van der Waals surface area contributed by atoms with Crippen molar-refractivity contribution in [2.24, 2.45) is 0 Å². The second-order valence-electron chi connectivity index (χ2n) is 5.23. The summed E-state index contributed by atoms with van der Waals surface area (Å²) in [5, 5.41) is 4.11. The fourth-order valence-corrected chi connectivity index (χ4v) is 2.92. The zero-order chi connectivity index (χ0) is 15.5. The zero-order valence-corrected chi connectivity index (χ0v) is 13.3. The molecule has 1 saturated heterocycles. The van der Waals surface area contributed by atoms with E-state index in [1.165, 1.54) is 0 Å². The predicted octanol–water partition coefficient (Wildman–Crippen LogP) is 2.53. The minimum atomic E-state index is 0.265. The van der Waals surface area contributed by atoms with Gasteiger partial charge in [-0.15, -0.1) is 0 Å². The molecular formula is C15H18ClN5O. The SMILES string of the molecule is COc1c(C)ncnc1NC1CCN(c2ncccc2Cl)C1. The molecule has 1 atom stereocenters. The van der Waals surface area contributed by atoms with E-state index < -0.39 is 0 Å². The first kappa shape index (κ1) is 14.8. The number of pyridine rings is 1. The van der Waals surface area contributed by atoms with Crippen molar-refractivity contribution in [1.82, 2.24) is 15.0 Å². The predicted molar refractivity (Wildman–Crippen MR) is 86.8 cm³/mol. The number of halogens is 1. The number of aryl methyl sites for hydroxylation is 1. The Labute approximate surface area is 134 Å². The van der Waals surface area contributed by atoms with Crippen LogP contribution in [0, 0.1) is 6.92 Å². The summed E-state index contributed by atoms with van der Waals surface area (Å²) < 4.78 is 5.38. The molecule has 1 aliphatic heterocycles. The van der Waals surface area contributed by atoms with E-state index in [0.717, 1.165) is 36.8 Å². The molecule has 7 heteroatoms. The fourth-order valence-electron chi connectivity index (χ4n) is 2.68. The van der Waals surface area contributed by atoms with Crippen LogP contribution < -0.4 is 15.0 Å². The lowest BCUT2D eigenvalue weighted by Gasteiger charge is -2.19. The Morgan fingerprint density at radius 1 is 1.36 bits per heavy atom. The van der Waals surface area contributed by atoms with Gasteiger partial charge in [-0.05, 0) is 25.5 Å². The number of methoxy groups -OCH3 is 1. The molecule has 0 spiro atoms. The summed E-state index contributed by atoms with van der Waals surface area (Å²) in [4.78, 5) is 15.0. The molecule has 6 nitrogen and oxygen atoms in total. The minimum Gasteiger partial charge on any atom is -0.491 e. The number of nitrogens with one attached hydrogen (secondary N) is 1. The first-order chi connectivity index (χ1) is 10.7. The van der Waals surface area contributed by atoms with E-state index in [1.54, 1.807) is 19.6 Å². The van der Waals surface area contributed by atoms with Gasteiger partial charge in [-0.1, -0.05) is 11.6 Å². The van der Waals surface area contributed by atoms with Crippen LogP contribution in [0.4, 0.5) is 11.6 Å². The summed E-state index contributed by atoms with van der Waals surface area (Å²) >= 11 is 6.22. The standard InChI is InChI=1S/C15H18ClN5O/c1-10-13(22-2)14(19-9-18-10)20-11-5-7-21(8-11)15-12(16)4-3-6-17-15/h3-4,6,9,11H,5,7-8H2,1-2H3,(H,18,19,20). The van der Waals surface area contributed by atoms with Gasteiger partial charge in [0.25, 0.3) is 0 Å². The van der Waals surface area contributed by atoms with Crippen molar-refractivity contribution in [2.45, 2.75) is 19.4 Å². The molecule has 0 bridgehead atoms. The van der Waals surface area contributed by atoms with Crippen LogP contribution in [0.15, 0.2) is 24.7 Å².